The second-order valence-electron chi connectivity index (χ2n) is 5.81. The molecule has 1 fully saturated rings. The number of carbonyl (C=O) groups excluding carboxylic acids is 1. The Labute approximate surface area is 126 Å². The monoisotopic (exact) mass is 290 g/mol. The summed E-state index contributed by atoms with van der Waals surface area (Å²) in [5, 5.41) is 15.2. The van der Waals surface area contributed by atoms with Crippen molar-refractivity contribution in [2.24, 2.45) is 5.92 Å². The van der Waals surface area contributed by atoms with Crippen molar-refractivity contribution in [2.75, 3.05) is 25.0 Å². The van der Waals surface area contributed by atoms with Gasteiger partial charge in [-0.05, 0) is 68.8 Å². The number of piperidine rings is 1. The zero-order valence-corrected chi connectivity index (χ0v) is 12.6. The molecule has 1 aromatic carbocycles. The molecule has 0 radical (unpaired) electrons. The van der Waals surface area contributed by atoms with Crippen LogP contribution in [-0.2, 0) is 11.2 Å². The molecule has 1 saturated heterocycles. The second-order valence-corrected chi connectivity index (χ2v) is 5.81. The fourth-order valence-electron chi connectivity index (χ4n) is 2.82. The van der Waals surface area contributed by atoms with Gasteiger partial charge in [0.1, 0.15) is 0 Å². The Morgan fingerprint density at radius 2 is 2.14 bits per heavy atom. The maximum Gasteiger partial charge on any atom is 0.224 e. The molecule has 0 atom stereocenters. The Morgan fingerprint density at radius 3 is 2.90 bits per heavy atom. The predicted molar refractivity (Wildman–Crippen MR) is 85.3 cm³/mol. The first-order valence-corrected chi connectivity index (χ1v) is 7.98. The largest absolute Gasteiger partial charge is 0.396 e. The summed E-state index contributed by atoms with van der Waals surface area (Å²) < 4.78 is 0. The van der Waals surface area contributed by atoms with Crippen molar-refractivity contribution in [1.82, 2.24) is 5.32 Å². The summed E-state index contributed by atoms with van der Waals surface area (Å²) in [7, 11) is 0. The highest BCUT2D eigenvalue weighted by molar-refractivity contribution is 5.90. The van der Waals surface area contributed by atoms with E-state index in [1.807, 2.05) is 24.3 Å². The van der Waals surface area contributed by atoms with E-state index in [0.29, 0.717) is 12.3 Å². The standard InChI is InChI=1S/C17H26N2O2/c20-12-2-4-15-3-1-5-16(13-15)19-17(21)7-6-14-8-10-18-11-9-14/h1,3,5,13-14,18,20H,2,4,6-12H2,(H,19,21). The number of amides is 1. The number of hydrogen-bond donors (Lipinski definition) is 3. The molecule has 3 N–H and O–H groups in total. The number of rotatable bonds is 7. The maximum absolute atomic E-state index is 12.0. The van der Waals surface area contributed by atoms with Gasteiger partial charge >= 0.3 is 0 Å². The third kappa shape index (κ3) is 5.86. The van der Waals surface area contributed by atoms with Crippen molar-refractivity contribution in [3.8, 4) is 0 Å². The minimum absolute atomic E-state index is 0.104. The average Bonchev–Trinajstić information content (AvgIpc) is 2.52. The van der Waals surface area contributed by atoms with Crippen LogP contribution in [0.2, 0.25) is 0 Å². The van der Waals surface area contributed by atoms with Crippen LogP contribution in [0.3, 0.4) is 0 Å². The number of aliphatic hydroxyl groups excluding tert-OH is 1. The summed E-state index contributed by atoms with van der Waals surface area (Å²) in [5.74, 6) is 0.792. The van der Waals surface area contributed by atoms with E-state index >= 15 is 0 Å². The molecule has 1 aliphatic rings. The quantitative estimate of drug-likeness (QED) is 0.722. The Bertz CT molecular complexity index is 442. The molecule has 116 valence electrons. The van der Waals surface area contributed by atoms with Gasteiger partial charge in [0.05, 0.1) is 0 Å². The molecule has 1 aromatic rings. The lowest BCUT2D eigenvalue weighted by molar-refractivity contribution is -0.116. The summed E-state index contributed by atoms with van der Waals surface area (Å²) in [6.45, 7) is 2.37. The van der Waals surface area contributed by atoms with E-state index in [0.717, 1.165) is 43.6 Å². The Morgan fingerprint density at radius 1 is 1.33 bits per heavy atom. The molecule has 1 heterocycles. The summed E-state index contributed by atoms with van der Waals surface area (Å²) in [6, 6.07) is 7.90. The van der Waals surface area contributed by atoms with Gasteiger partial charge in [0.25, 0.3) is 0 Å². The molecule has 0 aromatic heterocycles. The fraction of sp³-hybridized carbons (Fsp3) is 0.588. The van der Waals surface area contributed by atoms with E-state index in [4.69, 9.17) is 5.11 Å². The Balaban J connectivity index is 1.76. The van der Waals surface area contributed by atoms with Gasteiger partial charge in [-0.1, -0.05) is 12.1 Å². The molecule has 21 heavy (non-hydrogen) atoms. The van der Waals surface area contributed by atoms with Crippen LogP contribution in [0, 0.1) is 5.92 Å². The Hall–Kier alpha value is -1.39. The molecule has 2 rings (SSSR count). The minimum Gasteiger partial charge on any atom is -0.396 e. The first-order chi connectivity index (χ1) is 10.3. The number of nitrogens with one attached hydrogen (secondary N) is 2. The predicted octanol–water partition coefficient (Wildman–Crippen LogP) is 2.33. The zero-order chi connectivity index (χ0) is 14.9. The Kier molecular flexibility index (Phi) is 6.70. The average molecular weight is 290 g/mol. The SMILES string of the molecule is O=C(CCC1CCNCC1)Nc1cccc(CCCO)c1. The van der Waals surface area contributed by atoms with E-state index in [1.165, 1.54) is 12.8 Å². The molecule has 4 heteroatoms. The number of benzene rings is 1. The summed E-state index contributed by atoms with van der Waals surface area (Å²) in [5.41, 5.74) is 2.01. The topological polar surface area (TPSA) is 61.4 Å². The number of anilines is 1. The molecule has 0 spiro atoms. The van der Waals surface area contributed by atoms with Crippen molar-refractivity contribution in [3.05, 3.63) is 29.8 Å². The molecule has 0 bridgehead atoms. The molecular formula is C17H26N2O2. The summed E-state index contributed by atoms with van der Waals surface area (Å²) in [4.78, 5) is 12.0. The lowest BCUT2D eigenvalue weighted by Crippen LogP contribution is -2.28. The second kappa shape index (κ2) is 8.80. The van der Waals surface area contributed by atoms with Crippen molar-refractivity contribution in [2.45, 2.75) is 38.5 Å². The number of aryl methyl sites for hydroxylation is 1. The van der Waals surface area contributed by atoms with Crippen LogP contribution in [0.15, 0.2) is 24.3 Å². The number of hydrogen-bond acceptors (Lipinski definition) is 3. The van der Waals surface area contributed by atoms with Crippen LogP contribution >= 0.6 is 0 Å². The van der Waals surface area contributed by atoms with Crippen LogP contribution in [0.1, 0.15) is 37.7 Å². The van der Waals surface area contributed by atoms with E-state index < -0.39 is 0 Å². The van der Waals surface area contributed by atoms with Gasteiger partial charge in [0.15, 0.2) is 0 Å². The van der Waals surface area contributed by atoms with Crippen LogP contribution in [0.5, 0.6) is 0 Å². The normalized spacial score (nSPS) is 15.9. The van der Waals surface area contributed by atoms with Gasteiger partial charge in [-0.3, -0.25) is 4.79 Å². The lowest BCUT2D eigenvalue weighted by atomic mass is 9.93. The molecule has 0 unspecified atom stereocenters. The number of carbonyl (C=O) groups is 1. The summed E-state index contributed by atoms with van der Waals surface area (Å²) in [6.07, 6.45) is 5.56. The van der Waals surface area contributed by atoms with Gasteiger partial charge in [0, 0.05) is 18.7 Å². The van der Waals surface area contributed by atoms with E-state index in [1.54, 1.807) is 0 Å². The van der Waals surface area contributed by atoms with E-state index in [9.17, 15) is 4.79 Å². The highest BCUT2D eigenvalue weighted by atomic mass is 16.2. The lowest BCUT2D eigenvalue weighted by Gasteiger charge is -2.22. The van der Waals surface area contributed by atoms with Crippen molar-refractivity contribution >= 4 is 11.6 Å². The van der Waals surface area contributed by atoms with E-state index in [-0.39, 0.29) is 12.5 Å². The van der Waals surface area contributed by atoms with Crippen LogP contribution < -0.4 is 10.6 Å². The van der Waals surface area contributed by atoms with Crippen molar-refractivity contribution in [3.63, 3.8) is 0 Å². The smallest absolute Gasteiger partial charge is 0.224 e. The molecule has 1 amide bonds. The molecule has 4 nitrogen and oxygen atoms in total. The minimum atomic E-state index is 0.104. The zero-order valence-electron chi connectivity index (χ0n) is 12.6. The van der Waals surface area contributed by atoms with Gasteiger partial charge in [-0.15, -0.1) is 0 Å². The van der Waals surface area contributed by atoms with Gasteiger partial charge in [-0.2, -0.15) is 0 Å². The highest BCUT2D eigenvalue weighted by Gasteiger charge is 2.14. The third-order valence-corrected chi connectivity index (χ3v) is 4.07. The van der Waals surface area contributed by atoms with Crippen LogP contribution in [0.4, 0.5) is 5.69 Å². The van der Waals surface area contributed by atoms with E-state index in [2.05, 4.69) is 10.6 Å². The van der Waals surface area contributed by atoms with Gasteiger partial charge < -0.3 is 15.7 Å². The maximum atomic E-state index is 12.0. The van der Waals surface area contributed by atoms with Crippen molar-refractivity contribution in [1.29, 1.82) is 0 Å². The molecule has 0 aliphatic carbocycles. The molecular weight excluding hydrogens is 264 g/mol. The molecule has 0 saturated carbocycles. The fourth-order valence-corrected chi connectivity index (χ4v) is 2.82. The van der Waals surface area contributed by atoms with Gasteiger partial charge in [-0.25, -0.2) is 0 Å². The highest BCUT2D eigenvalue weighted by Crippen LogP contribution is 2.18. The third-order valence-electron chi connectivity index (χ3n) is 4.07. The number of aliphatic hydroxyl groups is 1. The first kappa shape index (κ1) is 16.0. The molecule has 1 aliphatic heterocycles. The summed E-state index contributed by atoms with van der Waals surface area (Å²) >= 11 is 0. The van der Waals surface area contributed by atoms with Crippen LogP contribution in [0.25, 0.3) is 0 Å². The first-order valence-electron chi connectivity index (χ1n) is 7.98. The van der Waals surface area contributed by atoms with Gasteiger partial charge in [0.2, 0.25) is 5.91 Å². The van der Waals surface area contributed by atoms with Crippen LogP contribution in [-0.4, -0.2) is 30.7 Å². The van der Waals surface area contributed by atoms with Crippen molar-refractivity contribution < 1.29 is 9.90 Å².